The van der Waals surface area contributed by atoms with Gasteiger partial charge in [-0.1, -0.05) is 48.5 Å². The van der Waals surface area contributed by atoms with Gasteiger partial charge in [0.05, 0.1) is 0 Å². The lowest BCUT2D eigenvalue weighted by molar-refractivity contribution is -0.0980. The van der Waals surface area contributed by atoms with E-state index in [4.69, 9.17) is 9.53 Å². The number of nitrogens with zero attached hydrogens (tertiary/aromatic N) is 1. The summed E-state index contributed by atoms with van der Waals surface area (Å²) in [4.78, 5) is 10.4. The summed E-state index contributed by atoms with van der Waals surface area (Å²) in [6, 6.07) is 26.0. The molecule has 0 aromatic heterocycles. The van der Waals surface area contributed by atoms with Crippen molar-refractivity contribution in [3.63, 3.8) is 0 Å². The van der Waals surface area contributed by atoms with Gasteiger partial charge in [-0.25, -0.2) is 0 Å². The Kier molecular flexibility index (Phi) is 5.94. The third-order valence-corrected chi connectivity index (χ3v) is 7.58. The molecule has 3 aromatic rings. The summed E-state index contributed by atoms with van der Waals surface area (Å²) < 4.78 is 6.00. The van der Waals surface area contributed by atoms with Crippen molar-refractivity contribution >= 4 is 12.5 Å². The van der Waals surface area contributed by atoms with Crippen molar-refractivity contribution < 1.29 is 14.6 Å². The Bertz CT molecular complexity index is 1080. The van der Waals surface area contributed by atoms with Crippen LogP contribution in [0, 0.1) is 0 Å². The molecule has 2 fully saturated rings. The van der Waals surface area contributed by atoms with E-state index in [2.05, 4.69) is 65.6 Å². The number of aromatic hydroxyl groups is 1. The monoisotopic (exact) mass is 441 g/mol. The quantitative estimate of drug-likeness (QED) is 0.588. The van der Waals surface area contributed by atoms with Gasteiger partial charge < -0.3 is 19.5 Å². The van der Waals surface area contributed by atoms with E-state index in [1.54, 1.807) is 0 Å². The van der Waals surface area contributed by atoms with E-state index in [9.17, 15) is 5.11 Å². The lowest BCUT2D eigenvalue weighted by atomic mass is 9.69. The standard InChI is InChI=1S/C28H29NO2.CH2O/c30-24-12-14-26-22(17-24)9-13-25(20-5-2-1-3-6-20)27(26)21-7-10-23(11-8-21)29-18-28(19-29)15-4-16-31-28;1-2/h1-3,5-8,10-12,14,17,25,27,30H,4,9,13,15-16,18-19H2;1H2. The van der Waals surface area contributed by atoms with Crippen LogP contribution in [0.2, 0.25) is 0 Å². The van der Waals surface area contributed by atoms with Crippen LogP contribution in [0.4, 0.5) is 5.69 Å². The van der Waals surface area contributed by atoms with Crippen LogP contribution < -0.4 is 4.90 Å². The summed E-state index contributed by atoms with van der Waals surface area (Å²) in [6.45, 7) is 4.96. The van der Waals surface area contributed by atoms with E-state index >= 15 is 0 Å². The fraction of sp³-hybridized carbons (Fsp3) is 0.345. The van der Waals surface area contributed by atoms with Crippen LogP contribution in [0.3, 0.4) is 0 Å². The van der Waals surface area contributed by atoms with E-state index in [1.807, 2.05) is 18.9 Å². The molecule has 1 spiro atoms. The highest BCUT2D eigenvalue weighted by Gasteiger charge is 2.46. The highest BCUT2D eigenvalue weighted by Crippen LogP contribution is 2.47. The Balaban J connectivity index is 0.00000111. The Morgan fingerprint density at radius 1 is 0.939 bits per heavy atom. The fourth-order valence-corrected chi connectivity index (χ4v) is 6.01. The maximum Gasteiger partial charge on any atom is 0.115 e. The maximum atomic E-state index is 10.0. The minimum absolute atomic E-state index is 0.126. The number of aryl methyl sites for hydroxylation is 1. The Labute approximate surface area is 195 Å². The second-order valence-corrected chi connectivity index (χ2v) is 9.50. The van der Waals surface area contributed by atoms with Crippen LogP contribution in [0.1, 0.15) is 53.4 Å². The van der Waals surface area contributed by atoms with E-state index < -0.39 is 0 Å². The summed E-state index contributed by atoms with van der Waals surface area (Å²) in [5.41, 5.74) is 6.82. The van der Waals surface area contributed by atoms with Crippen LogP contribution in [0.15, 0.2) is 72.8 Å². The topological polar surface area (TPSA) is 49.8 Å². The summed E-state index contributed by atoms with van der Waals surface area (Å²) in [7, 11) is 0. The van der Waals surface area contributed by atoms with Gasteiger partial charge in [0.2, 0.25) is 0 Å². The molecule has 4 nitrogen and oxygen atoms in total. The van der Waals surface area contributed by atoms with Gasteiger partial charge in [-0.3, -0.25) is 0 Å². The highest BCUT2D eigenvalue weighted by molar-refractivity contribution is 5.54. The molecular formula is C29H31NO3. The molecule has 3 aromatic carbocycles. The van der Waals surface area contributed by atoms with E-state index in [0.29, 0.717) is 17.6 Å². The third kappa shape index (κ3) is 4.04. The third-order valence-electron chi connectivity index (χ3n) is 7.58. The van der Waals surface area contributed by atoms with Gasteiger partial charge >= 0.3 is 0 Å². The van der Waals surface area contributed by atoms with Crippen molar-refractivity contribution in [2.45, 2.75) is 43.1 Å². The summed E-state index contributed by atoms with van der Waals surface area (Å²) in [5, 5.41) is 10.0. The van der Waals surface area contributed by atoms with Gasteiger partial charge in [-0.2, -0.15) is 0 Å². The average molecular weight is 442 g/mol. The molecule has 0 bridgehead atoms. The maximum absolute atomic E-state index is 10.0. The van der Waals surface area contributed by atoms with Gasteiger partial charge in [-0.05, 0) is 78.1 Å². The second-order valence-electron chi connectivity index (χ2n) is 9.50. The number of fused-ring (bicyclic) bond motifs is 1. The van der Waals surface area contributed by atoms with Crippen molar-refractivity contribution in [3.05, 3.63) is 95.1 Å². The smallest absolute Gasteiger partial charge is 0.115 e. The zero-order chi connectivity index (χ0) is 22.8. The number of benzene rings is 3. The molecule has 2 saturated heterocycles. The number of hydrogen-bond acceptors (Lipinski definition) is 4. The molecule has 2 unspecified atom stereocenters. The molecule has 33 heavy (non-hydrogen) atoms. The van der Waals surface area contributed by atoms with Gasteiger partial charge in [0.1, 0.15) is 18.1 Å². The number of hydrogen-bond donors (Lipinski definition) is 1. The molecule has 0 amide bonds. The number of phenols is 1. The van der Waals surface area contributed by atoms with E-state index in [-0.39, 0.29) is 5.60 Å². The highest BCUT2D eigenvalue weighted by atomic mass is 16.5. The van der Waals surface area contributed by atoms with Crippen molar-refractivity contribution in [1.82, 2.24) is 0 Å². The van der Waals surface area contributed by atoms with E-state index in [0.717, 1.165) is 32.5 Å². The van der Waals surface area contributed by atoms with Crippen LogP contribution in [-0.2, 0) is 16.0 Å². The van der Waals surface area contributed by atoms with Gasteiger partial charge in [0.25, 0.3) is 0 Å². The normalized spacial score (nSPS) is 22.7. The molecule has 2 aliphatic heterocycles. The predicted octanol–water partition coefficient (Wildman–Crippen LogP) is 5.44. The first-order valence-electron chi connectivity index (χ1n) is 11.9. The number of phenolic OH excluding ortho intramolecular Hbond substituents is 1. The molecule has 170 valence electrons. The fourth-order valence-electron chi connectivity index (χ4n) is 6.01. The Hall–Kier alpha value is -3.11. The summed E-state index contributed by atoms with van der Waals surface area (Å²) in [6.07, 6.45) is 4.50. The molecule has 0 saturated carbocycles. The largest absolute Gasteiger partial charge is 0.508 e. The molecular weight excluding hydrogens is 410 g/mol. The van der Waals surface area contributed by atoms with Crippen LogP contribution >= 0.6 is 0 Å². The molecule has 2 heterocycles. The van der Waals surface area contributed by atoms with Crippen molar-refractivity contribution in [2.75, 3.05) is 24.6 Å². The first-order chi connectivity index (χ1) is 16.2. The van der Waals surface area contributed by atoms with Crippen LogP contribution in [-0.4, -0.2) is 37.2 Å². The van der Waals surface area contributed by atoms with Gasteiger partial charge in [0, 0.05) is 31.3 Å². The zero-order valence-corrected chi connectivity index (χ0v) is 19.0. The number of carbonyl (C=O) groups is 1. The minimum atomic E-state index is 0.126. The summed E-state index contributed by atoms with van der Waals surface area (Å²) >= 11 is 0. The minimum Gasteiger partial charge on any atom is -0.508 e. The summed E-state index contributed by atoms with van der Waals surface area (Å²) in [5.74, 6) is 1.12. The van der Waals surface area contributed by atoms with Crippen molar-refractivity contribution in [1.29, 1.82) is 0 Å². The number of carbonyl (C=O) groups excluding carboxylic acids is 1. The molecule has 1 aliphatic carbocycles. The number of anilines is 1. The molecule has 6 rings (SSSR count). The SMILES string of the molecule is C=O.Oc1ccc2c(c1)CCC(c1ccccc1)C2c1ccc(N2CC3(CCCO3)C2)cc1. The molecule has 4 heteroatoms. The number of rotatable bonds is 3. The molecule has 3 aliphatic rings. The van der Waals surface area contributed by atoms with Gasteiger partial charge in [-0.15, -0.1) is 0 Å². The first-order valence-corrected chi connectivity index (χ1v) is 11.9. The lowest BCUT2D eigenvalue weighted by Crippen LogP contribution is -2.61. The Morgan fingerprint density at radius 3 is 2.39 bits per heavy atom. The van der Waals surface area contributed by atoms with Gasteiger partial charge in [0.15, 0.2) is 0 Å². The second kappa shape index (κ2) is 9.03. The zero-order valence-electron chi connectivity index (χ0n) is 19.0. The molecule has 2 atom stereocenters. The molecule has 0 radical (unpaired) electrons. The van der Waals surface area contributed by atoms with Crippen LogP contribution in [0.5, 0.6) is 5.75 Å². The van der Waals surface area contributed by atoms with Crippen LogP contribution in [0.25, 0.3) is 0 Å². The first kappa shape index (κ1) is 21.7. The number of ether oxygens (including phenoxy) is 1. The van der Waals surface area contributed by atoms with E-state index in [1.165, 1.54) is 40.8 Å². The lowest BCUT2D eigenvalue weighted by Gasteiger charge is -2.48. The average Bonchev–Trinajstić information content (AvgIpc) is 3.35. The Morgan fingerprint density at radius 2 is 1.70 bits per heavy atom. The van der Waals surface area contributed by atoms with Crippen molar-refractivity contribution in [2.24, 2.45) is 0 Å². The van der Waals surface area contributed by atoms with Crippen molar-refractivity contribution in [3.8, 4) is 5.75 Å². The predicted molar refractivity (Wildman–Crippen MR) is 131 cm³/mol. The molecule has 1 N–H and O–H groups in total.